The van der Waals surface area contributed by atoms with Crippen LogP contribution in [0.2, 0.25) is 0 Å². The predicted octanol–water partition coefficient (Wildman–Crippen LogP) is 4.35. The van der Waals surface area contributed by atoms with Gasteiger partial charge in [-0.25, -0.2) is 0 Å². The van der Waals surface area contributed by atoms with Gasteiger partial charge in [-0.1, -0.05) is 58.4 Å². The minimum atomic E-state index is 0.299. The van der Waals surface area contributed by atoms with Gasteiger partial charge in [0.05, 0.1) is 0 Å². The Hall–Kier alpha value is -1.74. The van der Waals surface area contributed by atoms with Gasteiger partial charge in [0.2, 0.25) is 6.79 Å². The molecule has 1 aliphatic heterocycles. The lowest BCUT2D eigenvalue weighted by atomic mass is 10.1. The third kappa shape index (κ3) is 2.27. The molecule has 90 valence electrons. The minimum Gasteiger partial charge on any atom is -0.454 e. The highest BCUT2D eigenvalue weighted by Crippen LogP contribution is 2.37. The third-order valence-electron chi connectivity index (χ3n) is 2.75. The molecule has 3 heteroatoms. The van der Waals surface area contributed by atoms with Crippen LogP contribution in [0.1, 0.15) is 11.1 Å². The molecule has 2 aromatic carbocycles. The van der Waals surface area contributed by atoms with Crippen LogP contribution in [0.25, 0.3) is 12.2 Å². The van der Waals surface area contributed by atoms with Crippen LogP contribution in [0.15, 0.2) is 46.9 Å². The molecule has 0 bridgehead atoms. The highest BCUT2D eigenvalue weighted by molar-refractivity contribution is 9.10. The molecule has 0 amide bonds. The van der Waals surface area contributed by atoms with Crippen LogP contribution in [0, 0.1) is 0 Å². The molecule has 2 nitrogen and oxygen atoms in total. The molecule has 1 heterocycles. The molecule has 0 saturated heterocycles. The van der Waals surface area contributed by atoms with Crippen LogP contribution in [0.4, 0.5) is 0 Å². The lowest BCUT2D eigenvalue weighted by Crippen LogP contribution is -1.92. The van der Waals surface area contributed by atoms with E-state index in [4.69, 9.17) is 9.47 Å². The summed E-state index contributed by atoms with van der Waals surface area (Å²) in [5, 5.41) is 0. The topological polar surface area (TPSA) is 18.5 Å². The van der Waals surface area contributed by atoms with Crippen LogP contribution in [0.3, 0.4) is 0 Å². The number of rotatable bonds is 2. The summed E-state index contributed by atoms with van der Waals surface area (Å²) in [6.45, 7) is 0.299. The van der Waals surface area contributed by atoms with E-state index in [0.717, 1.165) is 21.5 Å². The number of fused-ring (bicyclic) bond motifs is 1. The Bertz CT molecular complexity index is 591. The smallest absolute Gasteiger partial charge is 0.231 e. The van der Waals surface area contributed by atoms with Gasteiger partial charge in [0, 0.05) is 4.47 Å². The molecular formula is C15H11BrO2. The van der Waals surface area contributed by atoms with Crippen molar-refractivity contribution in [3.05, 3.63) is 58.1 Å². The quantitative estimate of drug-likeness (QED) is 0.768. The zero-order chi connectivity index (χ0) is 12.4. The molecule has 1 aliphatic rings. The Kier molecular flexibility index (Phi) is 3.07. The molecule has 0 spiro atoms. The van der Waals surface area contributed by atoms with Gasteiger partial charge >= 0.3 is 0 Å². The minimum absolute atomic E-state index is 0.299. The SMILES string of the molecule is Brc1cc2c(cc1/C=C\c1ccccc1)OCO2. The van der Waals surface area contributed by atoms with Crippen molar-refractivity contribution in [3.8, 4) is 11.5 Å². The average Bonchev–Trinajstić information content (AvgIpc) is 2.84. The molecule has 0 radical (unpaired) electrons. The molecule has 0 fully saturated rings. The molecule has 2 aromatic rings. The molecule has 0 aliphatic carbocycles. The second-order valence-corrected chi connectivity index (χ2v) is 4.83. The Morgan fingerprint density at radius 2 is 1.67 bits per heavy atom. The Balaban J connectivity index is 1.91. The fraction of sp³-hybridized carbons (Fsp3) is 0.0667. The van der Waals surface area contributed by atoms with Crippen molar-refractivity contribution in [2.75, 3.05) is 6.79 Å². The van der Waals surface area contributed by atoms with Crippen molar-refractivity contribution in [2.45, 2.75) is 0 Å². The lowest BCUT2D eigenvalue weighted by Gasteiger charge is -2.01. The second kappa shape index (κ2) is 4.86. The number of hydrogen-bond acceptors (Lipinski definition) is 2. The number of ether oxygens (including phenoxy) is 2. The van der Waals surface area contributed by atoms with E-state index in [1.807, 2.05) is 30.3 Å². The highest BCUT2D eigenvalue weighted by atomic mass is 79.9. The van der Waals surface area contributed by atoms with Crippen molar-refractivity contribution in [1.29, 1.82) is 0 Å². The summed E-state index contributed by atoms with van der Waals surface area (Å²) in [6, 6.07) is 14.1. The van der Waals surface area contributed by atoms with E-state index in [1.165, 1.54) is 5.56 Å². The van der Waals surface area contributed by atoms with Crippen LogP contribution in [-0.4, -0.2) is 6.79 Å². The van der Waals surface area contributed by atoms with Crippen molar-refractivity contribution in [1.82, 2.24) is 0 Å². The number of hydrogen-bond donors (Lipinski definition) is 0. The van der Waals surface area contributed by atoms with Gasteiger partial charge in [0.1, 0.15) is 0 Å². The highest BCUT2D eigenvalue weighted by Gasteiger charge is 2.14. The molecule has 18 heavy (non-hydrogen) atoms. The van der Waals surface area contributed by atoms with E-state index in [2.05, 4.69) is 40.2 Å². The largest absolute Gasteiger partial charge is 0.454 e. The van der Waals surface area contributed by atoms with Crippen molar-refractivity contribution < 1.29 is 9.47 Å². The first-order valence-electron chi connectivity index (χ1n) is 5.65. The first kappa shape index (κ1) is 11.4. The molecule has 0 N–H and O–H groups in total. The first-order chi connectivity index (χ1) is 8.83. The Morgan fingerprint density at radius 3 is 2.44 bits per heavy atom. The maximum Gasteiger partial charge on any atom is 0.231 e. The summed E-state index contributed by atoms with van der Waals surface area (Å²) in [4.78, 5) is 0. The third-order valence-corrected chi connectivity index (χ3v) is 3.43. The number of benzene rings is 2. The van der Waals surface area contributed by atoms with Gasteiger partial charge in [-0.2, -0.15) is 0 Å². The first-order valence-corrected chi connectivity index (χ1v) is 6.44. The Morgan fingerprint density at radius 1 is 0.944 bits per heavy atom. The summed E-state index contributed by atoms with van der Waals surface area (Å²) in [5.74, 6) is 1.59. The summed E-state index contributed by atoms with van der Waals surface area (Å²) in [7, 11) is 0. The zero-order valence-electron chi connectivity index (χ0n) is 9.60. The van der Waals surface area contributed by atoms with Gasteiger partial charge in [0.15, 0.2) is 11.5 Å². The van der Waals surface area contributed by atoms with Crippen molar-refractivity contribution in [3.63, 3.8) is 0 Å². The molecule has 3 rings (SSSR count). The second-order valence-electron chi connectivity index (χ2n) is 3.97. The van der Waals surface area contributed by atoms with Gasteiger partial charge in [-0.05, 0) is 23.3 Å². The zero-order valence-corrected chi connectivity index (χ0v) is 11.2. The fourth-order valence-corrected chi connectivity index (χ4v) is 2.27. The molecule has 0 atom stereocenters. The predicted molar refractivity (Wildman–Crippen MR) is 75.6 cm³/mol. The molecule has 0 aromatic heterocycles. The van der Waals surface area contributed by atoms with E-state index in [-0.39, 0.29) is 0 Å². The normalized spacial score (nSPS) is 13.2. The summed E-state index contributed by atoms with van der Waals surface area (Å²) < 4.78 is 11.7. The van der Waals surface area contributed by atoms with Gasteiger partial charge in [-0.15, -0.1) is 0 Å². The number of halogens is 1. The van der Waals surface area contributed by atoms with Crippen LogP contribution >= 0.6 is 15.9 Å². The lowest BCUT2D eigenvalue weighted by molar-refractivity contribution is 0.174. The average molecular weight is 303 g/mol. The van der Waals surface area contributed by atoms with E-state index >= 15 is 0 Å². The molecular weight excluding hydrogens is 292 g/mol. The van der Waals surface area contributed by atoms with E-state index in [9.17, 15) is 0 Å². The summed E-state index contributed by atoms with van der Waals surface area (Å²) >= 11 is 3.54. The standard InChI is InChI=1S/C15H11BrO2/c16-13-9-15-14(17-10-18-15)8-12(13)7-6-11-4-2-1-3-5-11/h1-9H,10H2/b7-6-. The molecule has 0 unspecified atom stereocenters. The van der Waals surface area contributed by atoms with Gasteiger partial charge in [0.25, 0.3) is 0 Å². The van der Waals surface area contributed by atoms with Crippen molar-refractivity contribution >= 4 is 28.1 Å². The van der Waals surface area contributed by atoms with Crippen LogP contribution in [0.5, 0.6) is 11.5 Å². The van der Waals surface area contributed by atoms with Crippen LogP contribution < -0.4 is 9.47 Å². The molecule has 0 saturated carbocycles. The van der Waals surface area contributed by atoms with Crippen molar-refractivity contribution in [2.24, 2.45) is 0 Å². The van der Waals surface area contributed by atoms with Crippen LogP contribution in [-0.2, 0) is 0 Å². The van der Waals surface area contributed by atoms with E-state index < -0.39 is 0 Å². The fourth-order valence-electron chi connectivity index (χ4n) is 1.81. The maximum absolute atomic E-state index is 5.37. The monoisotopic (exact) mass is 302 g/mol. The maximum atomic E-state index is 5.37. The Labute approximate surface area is 114 Å². The van der Waals surface area contributed by atoms with E-state index in [0.29, 0.717) is 6.79 Å². The van der Waals surface area contributed by atoms with Gasteiger partial charge in [-0.3, -0.25) is 0 Å². The van der Waals surface area contributed by atoms with E-state index in [1.54, 1.807) is 0 Å². The summed E-state index contributed by atoms with van der Waals surface area (Å²) in [5.41, 5.74) is 2.24. The van der Waals surface area contributed by atoms with Gasteiger partial charge < -0.3 is 9.47 Å². The summed E-state index contributed by atoms with van der Waals surface area (Å²) in [6.07, 6.45) is 4.13.